The molecule has 0 amide bonds. The first-order chi connectivity index (χ1) is 9.56. The van der Waals surface area contributed by atoms with E-state index in [0.29, 0.717) is 12.8 Å². The number of hydrogen-bond acceptors (Lipinski definition) is 2. The molecule has 0 saturated heterocycles. The third-order valence-corrected chi connectivity index (χ3v) is 3.58. The van der Waals surface area contributed by atoms with Crippen molar-refractivity contribution in [1.29, 1.82) is 0 Å². The van der Waals surface area contributed by atoms with Gasteiger partial charge in [-0.3, -0.25) is 4.79 Å². The molecule has 1 unspecified atom stereocenters. The quantitative estimate of drug-likeness (QED) is 0.905. The molecular weight excluding hydrogens is 246 g/mol. The molecule has 2 aromatic carbocycles. The predicted octanol–water partition coefficient (Wildman–Crippen LogP) is 2.99. The normalized spacial score (nSPS) is 12.2. The lowest BCUT2D eigenvalue weighted by atomic mass is 9.95. The highest BCUT2D eigenvalue weighted by Gasteiger charge is 2.15. The summed E-state index contributed by atoms with van der Waals surface area (Å²) < 4.78 is 0. The average molecular weight is 267 g/mol. The monoisotopic (exact) mass is 267 g/mol. The van der Waals surface area contributed by atoms with Gasteiger partial charge in [0.1, 0.15) is 0 Å². The third-order valence-electron chi connectivity index (χ3n) is 3.58. The summed E-state index contributed by atoms with van der Waals surface area (Å²) in [5.74, 6) is 0.0996. The standard InChI is InChI=1S/C18H21NO/c1-13-8-9-14(2)16(10-13)12-18(20)17(19)11-15-6-4-3-5-7-15/h3-10,17H,11-12,19H2,1-2H3. The number of ketones is 1. The summed E-state index contributed by atoms with van der Waals surface area (Å²) in [7, 11) is 0. The number of benzene rings is 2. The highest BCUT2D eigenvalue weighted by molar-refractivity contribution is 5.86. The molecule has 0 aliphatic carbocycles. The van der Waals surface area contributed by atoms with E-state index in [2.05, 4.69) is 18.2 Å². The fraction of sp³-hybridized carbons (Fsp3) is 0.278. The zero-order valence-electron chi connectivity index (χ0n) is 12.1. The topological polar surface area (TPSA) is 43.1 Å². The molecule has 2 nitrogen and oxygen atoms in total. The Morgan fingerprint density at radius 1 is 1.10 bits per heavy atom. The zero-order valence-corrected chi connectivity index (χ0v) is 12.1. The maximum absolute atomic E-state index is 12.3. The molecule has 0 aromatic heterocycles. The van der Waals surface area contributed by atoms with Crippen LogP contribution in [0.5, 0.6) is 0 Å². The predicted molar refractivity (Wildman–Crippen MR) is 82.7 cm³/mol. The first-order valence-corrected chi connectivity index (χ1v) is 6.94. The van der Waals surface area contributed by atoms with E-state index in [-0.39, 0.29) is 5.78 Å². The van der Waals surface area contributed by atoms with Crippen molar-refractivity contribution >= 4 is 5.78 Å². The lowest BCUT2D eigenvalue weighted by molar-refractivity contribution is -0.119. The number of nitrogens with two attached hydrogens (primary N) is 1. The van der Waals surface area contributed by atoms with E-state index >= 15 is 0 Å². The van der Waals surface area contributed by atoms with Gasteiger partial charge in [-0.2, -0.15) is 0 Å². The number of carbonyl (C=O) groups excluding carboxylic acids is 1. The Morgan fingerprint density at radius 3 is 2.50 bits per heavy atom. The molecular formula is C18H21NO. The van der Waals surface area contributed by atoms with Gasteiger partial charge in [0.2, 0.25) is 0 Å². The van der Waals surface area contributed by atoms with Gasteiger partial charge in [-0.05, 0) is 37.0 Å². The summed E-state index contributed by atoms with van der Waals surface area (Å²) in [4.78, 5) is 12.3. The molecule has 2 aromatic rings. The van der Waals surface area contributed by atoms with Crippen LogP contribution in [0.3, 0.4) is 0 Å². The maximum atomic E-state index is 12.3. The second-order valence-corrected chi connectivity index (χ2v) is 5.37. The Kier molecular flexibility index (Phi) is 4.70. The van der Waals surface area contributed by atoms with Crippen LogP contribution < -0.4 is 5.73 Å². The molecule has 2 rings (SSSR count). The Balaban J connectivity index is 2.02. The lowest BCUT2D eigenvalue weighted by Crippen LogP contribution is -2.34. The summed E-state index contributed by atoms with van der Waals surface area (Å²) in [6, 6.07) is 15.7. The van der Waals surface area contributed by atoms with Crippen molar-refractivity contribution in [2.45, 2.75) is 32.7 Å². The molecule has 20 heavy (non-hydrogen) atoms. The fourth-order valence-electron chi connectivity index (χ4n) is 2.29. The van der Waals surface area contributed by atoms with Gasteiger partial charge in [0, 0.05) is 6.42 Å². The van der Waals surface area contributed by atoms with E-state index in [1.54, 1.807) is 0 Å². The molecule has 0 fully saturated rings. The summed E-state index contributed by atoms with van der Waals surface area (Å²) >= 11 is 0. The Bertz CT molecular complexity index is 590. The molecule has 0 bridgehead atoms. The second-order valence-electron chi connectivity index (χ2n) is 5.37. The van der Waals surface area contributed by atoms with Gasteiger partial charge < -0.3 is 5.73 Å². The van der Waals surface area contributed by atoms with Crippen LogP contribution in [0.25, 0.3) is 0 Å². The molecule has 0 radical (unpaired) electrons. The minimum Gasteiger partial charge on any atom is -0.321 e. The van der Waals surface area contributed by atoms with Crippen molar-refractivity contribution in [1.82, 2.24) is 0 Å². The summed E-state index contributed by atoms with van der Waals surface area (Å²) in [6.45, 7) is 4.07. The summed E-state index contributed by atoms with van der Waals surface area (Å²) in [5, 5.41) is 0. The van der Waals surface area contributed by atoms with Crippen LogP contribution in [0.1, 0.15) is 22.3 Å². The highest BCUT2D eigenvalue weighted by atomic mass is 16.1. The maximum Gasteiger partial charge on any atom is 0.154 e. The van der Waals surface area contributed by atoms with Gasteiger partial charge in [-0.15, -0.1) is 0 Å². The van der Waals surface area contributed by atoms with Crippen LogP contribution in [-0.2, 0) is 17.6 Å². The largest absolute Gasteiger partial charge is 0.321 e. The number of hydrogen-bond donors (Lipinski definition) is 1. The summed E-state index contributed by atoms with van der Waals surface area (Å²) in [5.41, 5.74) is 10.5. The van der Waals surface area contributed by atoms with Crippen molar-refractivity contribution in [2.75, 3.05) is 0 Å². The van der Waals surface area contributed by atoms with Gasteiger partial charge in [0.15, 0.2) is 5.78 Å². The van der Waals surface area contributed by atoms with Gasteiger partial charge >= 0.3 is 0 Å². The molecule has 0 heterocycles. The van der Waals surface area contributed by atoms with Gasteiger partial charge in [-0.1, -0.05) is 54.1 Å². The number of rotatable bonds is 5. The highest BCUT2D eigenvalue weighted by Crippen LogP contribution is 2.13. The van der Waals surface area contributed by atoms with E-state index < -0.39 is 6.04 Å². The zero-order chi connectivity index (χ0) is 14.5. The van der Waals surface area contributed by atoms with E-state index in [9.17, 15) is 4.79 Å². The van der Waals surface area contributed by atoms with Crippen molar-refractivity contribution in [3.8, 4) is 0 Å². The van der Waals surface area contributed by atoms with Crippen molar-refractivity contribution in [3.05, 3.63) is 70.8 Å². The second kappa shape index (κ2) is 6.49. The number of Topliss-reactive ketones (excluding diaryl/α,β-unsaturated/α-hetero) is 1. The van der Waals surface area contributed by atoms with Crippen LogP contribution in [0, 0.1) is 13.8 Å². The van der Waals surface area contributed by atoms with Crippen molar-refractivity contribution in [2.24, 2.45) is 5.73 Å². The number of carbonyl (C=O) groups is 1. The minimum absolute atomic E-state index is 0.0996. The first-order valence-electron chi connectivity index (χ1n) is 6.94. The smallest absolute Gasteiger partial charge is 0.154 e. The van der Waals surface area contributed by atoms with E-state index in [1.165, 1.54) is 5.56 Å². The van der Waals surface area contributed by atoms with Crippen molar-refractivity contribution in [3.63, 3.8) is 0 Å². The molecule has 104 valence electrons. The Morgan fingerprint density at radius 2 is 1.80 bits per heavy atom. The van der Waals surface area contributed by atoms with Gasteiger partial charge in [0.05, 0.1) is 6.04 Å². The molecule has 2 N–H and O–H groups in total. The third kappa shape index (κ3) is 3.78. The van der Waals surface area contributed by atoms with Crippen LogP contribution >= 0.6 is 0 Å². The van der Waals surface area contributed by atoms with Crippen LogP contribution in [0.15, 0.2) is 48.5 Å². The lowest BCUT2D eigenvalue weighted by Gasteiger charge is -2.12. The molecule has 0 aliphatic heterocycles. The van der Waals surface area contributed by atoms with Crippen LogP contribution in [0.2, 0.25) is 0 Å². The average Bonchev–Trinajstić information content (AvgIpc) is 2.44. The molecule has 0 aliphatic rings. The number of aryl methyl sites for hydroxylation is 2. The van der Waals surface area contributed by atoms with Gasteiger partial charge in [0.25, 0.3) is 0 Å². The SMILES string of the molecule is Cc1ccc(C)c(CC(=O)C(N)Cc2ccccc2)c1. The minimum atomic E-state index is -0.433. The Hall–Kier alpha value is -1.93. The van der Waals surface area contributed by atoms with E-state index in [1.807, 2.05) is 44.2 Å². The first kappa shape index (κ1) is 14.5. The van der Waals surface area contributed by atoms with E-state index in [0.717, 1.165) is 16.7 Å². The molecule has 2 heteroatoms. The summed E-state index contributed by atoms with van der Waals surface area (Å²) in [6.07, 6.45) is 1.02. The Labute approximate surface area is 120 Å². The molecule has 0 saturated carbocycles. The molecule has 1 atom stereocenters. The van der Waals surface area contributed by atoms with E-state index in [4.69, 9.17) is 5.73 Å². The van der Waals surface area contributed by atoms with Crippen molar-refractivity contribution < 1.29 is 4.79 Å². The fourth-order valence-corrected chi connectivity index (χ4v) is 2.29. The molecule has 0 spiro atoms. The van der Waals surface area contributed by atoms with Crippen LogP contribution in [-0.4, -0.2) is 11.8 Å². The van der Waals surface area contributed by atoms with Gasteiger partial charge in [-0.25, -0.2) is 0 Å². The van der Waals surface area contributed by atoms with Crippen LogP contribution in [0.4, 0.5) is 0 Å².